The van der Waals surface area contributed by atoms with Gasteiger partial charge in [0.1, 0.15) is 5.75 Å². The fourth-order valence-corrected chi connectivity index (χ4v) is 6.61. The molecule has 2 aromatic rings. The summed E-state index contributed by atoms with van der Waals surface area (Å²) in [5.41, 5.74) is -0.845. The topological polar surface area (TPSA) is 90.9 Å². The monoisotopic (exact) mass is 635 g/mol. The van der Waals surface area contributed by atoms with Crippen molar-refractivity contribution < 1.29 is 39.9 Å². The molecular weight excluding hydrogens is 594 g/mol. The van der Waals surface area contributed by atoms with Crippen molar-refractivity contribution in [2.45, 2.75) is 97.3 Å². The molecule has 3 unspecified atom stereocenters. The third kappa shape index (κ3) is 6.58. The Labute approximate surface area is 258 Å². The highest BCUT2D eigenvalue weighted by molar-refractivity contribution is 7.88. The second kappa shape index (κ2) is 11.8. The van der Waals surface area contributed by atoms with Gasteiger partial charge in [0.25, 0.3) is 0 Å². The molecule has 3 aliphatic carbocycles. The second-order valence-electron chi connectivity index (χ2n) is 13.2. The molecule has 1 aliphatic heterocycles. The number of alkyl halides is 3. The predicted octanol–water partition coefficient (Wildman–Crippen LogP) is 6.97. The first-order chi connectivity index (χ1) is 20.1. The molecule has 240 valence electrons. The Morgan fingerprint density at radius 2 is 1.57 bits per heavy atom. The van der Waals surface area contributed by atoms with E-state index in [1.807, 2.05) is 65.8 Å². The van der Waals surface area contributed by atoms with E-state index in [2.05, 4.69) is 29.4 Å². The van der Waals surface area contributed by atoms with Crippen molar-refractivity contribution in [2.75, 3.05) is 5.32 Å². The maximum Gasteiger partial charge on any atom is 0.534 e. The fourth-order valence-electron chi connectivity index (χ4n) is 6.13. The largest absolute Gasteiger partial charge is 0.534 e. The molecule has 1 saturated heterocycles. The molecule has 6 rings (SSSR count). The normalized spacial score (nSPS) is 23.4. The van der Waals surface area contributed by atoms with Crippen molar-refractivity contribution in [3.05, 3.63) is 64.7 Å². The van der Waals surface area contributed by atoms with Gasteiger partial charge in [0.15, 0.2) is 0 Å². The molecule has 12 heteroatoms. The third-order valence-corrected chi connectivity index (χ3v) is 10.2. The molecule has 4 aliphatic rings. The van der Waals surface area contributed by atoms with Gasteiger partial charge in [-0.2, -0.15) is 21.6 Å². The van der Waals surface area contributed by atoms with Crippen molar-refractivity contribution in [1.82, 2.24) is 0 Å². The van der Waals surface area contributed by atoms with Gasteiger partial charge in [0, 0.05) is 30.0 Å². The maximum atomic E-state index is 12.7. The molecule has 0 radical (unpaired) electrons. The van der Waals surface area contributed by atoms with Crippen LogP contribution in [0.1, 0.15) is 90.3 Å². The van der Waals surface area contributed by atoms with E-state index in [4.69, 9.17) is 9.31 Å². The van der Waals surface area contributed by atoms with E-state index in [-0.39, 0.29) is 41.8 Å². The van der Waals surface area contributed by atoms with E-state index in [9.17, 15) is 26.4 Å². The Bertz CT molecular complexity index is 1530. The molecule has 44 heavy (non-hydrogen) atoms. The number of halogens is 3. The zero-order valence-corrected chi connectivity index (χ0v) is 27.4. The number of benzene rings is 2. The number of fused-ring (bicyclic) bond motifs is 1. The van der Waals surface area contributed by atoms with E-state index in [1.165, 1.54) is 13.0 Å². The van der Waals surface area contributed by atoms with Crippen LogP contribution < -0.4 is 15.0 Å². The summed E-state index contributed by atoms with van der Waals surface area (Å²) in [5, 5.41) is 2.73. The molecule has 7 nitrogen and oxygen atoms in total. The summed E-state index contributed by atoms with van der Waals surface area (Å²) in [7, 11) is -6.05. The van der Waals surface area contributed by atoms with Gasteiger partial charge in [-0.05, 0) is 94.6 Å². The first kappa shape index (κ1) is 34.1. The predicted molar refractivity (Wildman–Crippen MR) is 165 cm³/mol. The summed E-state index contributed by atoms with van der Waals surface area (Å²) in [6.45, 7) is 17.7. The fraction of sp³-hybridized carbons (Fsp3) is 0.531. The molecule has 1 fully saturated rings. The van der Waals surface area contributed by atoms with E-state index in [0.29, 0.717) is 17.4 Å². The van der Waals surface area contributed by atoms with Crippen LogP contribution >= 0.6 is 0 Å². The lowest BCUT2D eigenvalue weighted by Gasteiger charge is -2.45. The highest BCUT2D eigenvalue weighted by Crippen LogP contribution is 2.57. The summed E-state index contributed by atoms with van der Waals surface area (Å²) in [6, 6.07) is 10.5. The number of hydrogen-bond acceptors (Lipinski definition) is 6. The van der Waals surface area contributed by atoms with Crippen LogP contribution in [0.4, 0.5) is 18.9 Å². The molecule has 0 saturated carbocycles. The minimum absolute atomic E-state index is 0.0802. The number of carbonyl (C=O) groups is 1. The standard InChI is InChI=1S/C18H21F3O3S.C14H20BNO3/c1-9(2)12-8-13-11(4)7-14(12)16-10(3)5-6-15(17(13)16)24-25(22,23)18(19,20)21;1-10(17)16-12-8-6-11(7-9-12)15-18-13(2,3)14(4,5)19-15/h5-7,9,12-14H,8H2,1-4H3;6-9H,1-5H3,(H,16,17). The number of hydrogen-bond donors (Lipinski definition) is 1. The molecule has 3 atom stereocenters. The zero-order chi connectivity index (χ0) is 33.0. The lowest BCUT2D eigenvalue weighted by atomic mass is 9.59. The number of amides is 1. The van der Waals surface area contributed by atoms with Crippen LogP contribution in [0.3, 0.4) is 0 Å². The molecular formula is C32H41BF3NO6S. The summed E-state index contributed by atoms with van der Waals surface area (Å²) < 4.78 is 77.7. The highest BCUT2D eigenvalue weighted by Gasteiger charge is 2.52. The van der Waals surface area contributed by atoms with E-state index in [0.717, 1.165) is 34.3 Å². The van der Waals surface area contributed by atoms with Gasteiger partial charge in [-0.25, -0.2) is 0 Å². The molecule has 0 spiro atoms. The number of rotatable bonds is 5. The van der Waals surface area contributed by atoms with Gasteiger partial charge in [-0.1, -0.05) is 43.7 Å². The minimum atomic E-state index is -5.68. The van der Waals surface area contributed by atoms with Crippen LogP contribution in [0.5, 0.6) is 5.75 Å². The Morgan fingerprint density at radius 1 is 1.00 bits per heavy atom. The summed E-state index contributed by atoms with van der Waals surface area (Å²) in [5.74, 6) is 0.510. The first-order valence-corrected chi connectivity index (χ1v) is 16.1. The van der Waals surface area contributed by atoms with Crippen molar-refractivity contribution in [2.24, 2.45) is 11.8 Å². The number of anilines is 1. The quantitative estimate of drug-likeness (QED) is 0.165. The Morgan fingerprint density at radius 3 is 2.07 bits per heavy atom. The smallest absolute Gasteiger partial charge is 0.399 e. The summed E-state index contributed by atoms with van der Waals surface area (Å²) >= 11 is 0. The van der Waals surface area contributed by atoms with Crippen molar-refractivity contribution in [3.63, 3.8) is 0 Å². The number of allylic oxidation sites excluding steroid dienone is 2. The van der Waals surface area contributed by atoms with Crippen LogP contribution in [0.2, 0.25) is 0 Å². The number of carbonyl (C=O) groups excluding carboxylic acids is 1. The summed E-state index contributed by atoms with van der Waals surface area (Å²) in [6.07, 6.45) is 2.97. The molecule has 1 N–H and O–H groups in total. The molecule has 1 amide bonds. The van der Waals surface area contributed by atoms with Crippen molar-refractivity contribution >= 4 is 34.3 Å². The van der Waals surface area contributed by atoms with Gasteiger partial charge in [-0.3, -0.25) is 4.79 Å². The van der Waals surface area contributed by atoms with Gasteiger partial charge in [0.05, 0.1) is 11.2 Å². The van der Waals surface area contributed by atoms with Gasteiger partial charge >= 0.3 is 22.7 Å². The SMILES string of the molecule is CC(=O)Nc1ccc(B2OC(C)(C)C(C)(C)O2)cc1.CC1=CC2c3c(C)ccc(OS(=O)(=O)C(F)(F)F)c3C1CC2C(C)C. The minimum Gasteiger partial charge on any atom is -0.399 e. The van der Waals surface area contributed by atoms with Crippen LogP contribution in [0.15, 0.2) is 48.0 Å². The second-order valence-corrected chi connectivity index (χ2v) is 14.8. The lowest BCUT2D eigenvalue weighted by Crippen LogP contribution is -2.41. The lowest BCUT2D eigenvalue weighted by molar-refractivity contribution is -0.114. The van der Waals surface area contributed by atoms with Crippen LogP contribution in [-0.4, -0.2) is 38.2 Å². The Kier molecular flexibility index (Phi) is 9.16. The average Bonchev–Trinajstić information content (AvgIpc) is 3.11. The van der Waals surface area contributed by atoms with Gasteiger partial charge in [0.2, 0.25) is 5.91 Å². The molecule has 2 aromatic carbocycles. The summed E-state index contributed by atoms with van der Waals surface area (Å²) in [4.78, 5) is 11.0. The average molecular weight is 636 g/mol. The van der Waals surface area contributed by atoms with E-state index in [1.54, 1.807) is 6.07 Å². The van der Waals surface area contributed by atoms with Crippen LogP contribution in [-0.2, 0) is 24.2 Å². The van der Waals surface area contributed by atoms with Crippen molar-refractivity contribution in [3.8, 4) is 5.75 Å². The van der Waals surface area contributed by atoms with Gasteiger partial charge in [-0.15, -0.1) is 0 Å². The Hall–Kier alpha value is -2.83. The number of aryl methyl sites for hydroxylation is 1. The first-order valence-electron chi connectivity index (χ1n) is 14.7. The Balaban J connectivity index is 0.000000209. The highest BCUT2D eigenvalue weighted by atomic mass is 32.2. The third-order valence-electron chi connectivity index (χ3n) is 9.20. The number of nitrogens with one attached hydrogen (secondary N) is 1. The molecule has 0 aromatic heterocycles. The zero-order valence-electron chi connectivity index (χ0n) is 26.6. The van der Waals surface area contributed by atoms with Crippen molar-refractivity contribution in [1.29, 1.82) is 0 Å². The van der Waals surface area contributed by atoms with Crippen LogP contribution in [0, 0.1) is 18.8 Å². The molecule has 2 bridgehead atoms. The van der Waals surface area contributed by atoms with Gasteiger partial charge < -0.3 is 18.8 Å². The van der Waals surface area contributed by atoms with Crippen LogP contribution in [0.25, 0.3) is 0 Å². The maximum absolute atomic E-state index is 12.7. The van der Waals surface area contributed by atoms with E-state index < -0.39 is 15.6 Å². The molecule has 1 heterocycles. The van der Waals surface area contributed by atoms with E-state index >= 15 is 0 Å².